The Hall–Kier alpha value is -0.220. The number of hydrogen-bond donors (Lipinski definition) is 1. The Kier molecular flexibility index (Phi) is 4.74. The summed E-state index contributed by atoms with van der Waals surface area (Å²) in [4.78, 5) is 4.76. The van der Waals surface area contributed by atoms with Crippen molar-refractivity contribution in [2.24, 2.45) is 16.8 Å². The van der Waals surface area contributed by atoms with Gasteiger partial charge in [-0.05, 0) is 31.6 Å². The minimum Gasteiger partial charge on any atom is -0.381 e. The highest BCUT2D eigenvalue weighted by Crippen LogP contribution is 2.24. The van der Waals surface area contributed by atoms with Crippen LogP contribution in [0.5, 0.6) is 0 Å². The molecule has 2 rings (SSSR count). The summed E-state index contributed by atoms with van der Waals surface area (Å²) in [6.07, 6.45) is 2.36. The maximum absolute atomic E-state index is 5.41. The fraction of sp³-hybridized carbons (Fsp3) is 0.923. The van der Waals surface area contributed by atoms with Crippen molar-refractivity contribution in [3.63, 3.8) is 0 Å². The number of nitrogens with one attached hydrogen (secondary N) is 1. The lowest BCUT2D eigenvalue weighted by Gasteiger charge is -2.28. The molecule has 0 amide bonds. The average molecular weight is 256 g/mol. The predicted octanol–water partition coefficient (Wildman–Crippen LogP) is 2.52. The van der Waals surface area contributed by atoms with Crippen LogP contribution in [0, 0.1) is 11.8 Å². The average Bonchev–Trinajstić information content (AvgIpc) is 2.79. The number of nitrogens with zero attached hydrogens (tertiary/aromatic N) is 1. The van der Waals surface area contributed by atoms with Crippen LogP contribution in [0.1, 0.15) is 33.6 Å². The Morgan fingerprint density at radius 3 is 2.59 bits per heavy atom. The number of rotatable bonds is 3. The molecule has 0 radical (unpaired) electrons. The van der Waals surface area contributed by atoms with E-state index in [1.807, 2.05) is 11.8 Å². The van der Waals surface area contributed by atoms with Crippen LogP contribution in [0.2, 0.25) is 0 Å². The second kappa shape index (κ2) is 6.10. The molecule has 4 heteroatoms. The standard InChI is InChI=1S/C13H24N2OS/c1-9(2)12-8-17-13(15-12)14-10(3)11-4-6-16-7-5-11/h9-12H,4-8H2,1-3H3,(H,14,15). The fourth-order valence-corrected chi connectivity index (χ4v) is 3.61. The topological polar surface area (TPSA) is 33.6 Å². The lowest BCUT2D eigenvalue weighted by Crippen LogP contribution is -2.38. The summed E-state index contributed by atoms with van der Waals surface area (Å²) in [5.41, 5.74) is 0. The predicted molar refractivity (Wildman–Crippen MR) is 74.7 cm³/mol. The third-order valence-electron chi connectivity index (χ3n) is 3.77. The van der Waals surface area contributed by atoms with Crippen molar-refractivity contribution in [1.29, 1.82) is 0 Å². The molecular formula is C13H24N2OS. The second-order valence-corrected chi connectivity index (χ2v) is 6.45. The highest BCUT2D eigenvalue weighted by molar-refractivity contribution is 8.14. The van der Waals surface area contributed by atoms with E-state index in [1.165, 1.54) is 12.8 Å². The van der Waals surface area contributed by atoms with Crippen LogP contribution in [0.15, 0.2) is 4.99 Å². The molecule has 1 N–H and O–H groups in total. The zero-order chi connectivity index (χ0) is 12.3. The quantitative estimate of drug-likeness (QED) is 0.842. The summed E-state index contributed by atoms with van der Waals surface area (Å²) < 4.78 is 5.41. The first kappa shape index (κ1) is 13.2. The van der Waals surface area contributed by atoms with E-state index in [-0.39, 0.29) is 0 Å². The van der Waals surface area contributed by atoms with E-state index in [0.717, 1.165) is 30.1 Å². The number of hydrogen-bond acceptors (Lipinski definition) is 4. The summed E-state index contributed by atoms with van der Waals surface area (Å²) >= 11 is 1.88. The molecule has 2 heterocycles. The first-order valence-electron chi connectivity index (χ1n) is 6.71. The molecule has 3 nitrogen and oxygen atoms in total. The van der Waals surface area contributed by atoms with E-state index in [9.17, 15) is 0 Å². The Morgan fingerprint density at radius 2 is 2.00 bits per heavy atom. The molecule has 2 unspecified atom stereocenters. The van der Waals surface area contributed by atoms with Crippen LogP contribution in [-0.4, -0.2) is 36.2 Å². The van der Waals surface area contributed by atoms with Crippen LogP contribution in [0.25, 0.3) is 0 Å². The lowest BCUT2D eigenvalue weighted by atomic mass is 9.93. The van der Waals surface area contributed by atoms with Gasteiger partial charge < -0.3 is 10.1 Å². The molecular weight excluding hydrogens is 232 g/mol. The van der Waals surface area contributed by atoms with E-state index >= 15 is 0 Å². The van der Waals surface area contributed by atoms with Crippen LogP contribution in [0.3, 0.4) is 0 Å². The van der Waals surface area contributed by atoms with Gasteiger partial charge in [-0.2, -0.15) is 0 Å². The third-order valence-corrected chi connectivity index (χ3v) is 4.77. The molecule has 2 aliphatic heterocycles. The van der Waals surface area contributed by atoms with E-state index in [1.54, 1.807) is 0 Å². The van der Waals surface area contributed by atoms with Gasteiger partial charge in [-0.3, -0.25) is 4.99 Å². The zero-order valence-electron chi connectivity index (χ0n) is 11.1. The molecule has 98 valence electrons. The van der Waals surface area contributed by atoms with Crippen LogP contribution in [0.4, 0.5) is 0 Å². The maximum atomic E-state index is 5.41. The largest absolute Gasteiger partial charge is 0.381 e. The molecule has 17 heavy (non-hydrogen) atoms. The number of amidine groups is 1. The van der Waals surface area contributed by atoms with E-state index in [0.29, 0.717) is 18.0 Å². The SMILES string of the molecule is CC(C)C1CSC(NC(C)C2CCOCC2)=N1. The van der Waals surface area contributed by atoms with E-state index in [4.69, 9.17) is 9.73 Å². The highest BCUT2D eigenvalue weighted by Gasteiger charge is 2.25. The summed E-state index contributed by atoms with van der Waals surface area (Å²) in [6, 6.07) is 1.03. The van der Waals surface area contributed by atoms with E-state index < -0.39 is 0 Å². The first-order chi connectivity index (χ1) is 8.16. The third kappa shape index (κ3) is 3.62. The normalized spacial score (nSPS) is 28.2. The summed E-state index contributed by atoms with van der Waals surface area (Å²) in [6.45, 7) is 8.62. The maximum Gasteiger partial charge on any atom is 0.157 e. The van der Waals surface area contributed by atoms with Gasteiger partial charge in [-0.1, -0.05) is 25.6 Å². The molecule has 0 aromatic heterocycles. The van der Waals surface area contributed by atoms with Gasteiger partial charge in [0.1, 0.15) is 0 Å². The Balaban J connectivity index is 1.82. The fourth-order valence-electron chi connectivity index (χ4n) is 2.34. The molecule has 2 atom stereocenters. The van der Waals surface area contributed by atoms with Gasteiger partial charge in [0, 0.05) is 25.0 Å². The van der Waals surface area contributed by atoms with Crippen molar-refractivity contribution >= 4 is 16.9 Å². The van der Waals surface area contributed by atoms with Gasteiger partial charge in [0.2, 0.25) is 0 Å². The van der Waals surface area contributed by atoms with Gasteiger partial charge in [0.15, 0.2) is 5.17 Å². The Bertz CT molecular complexity index is 275. The van der Waals surface area contributed by atoms with Crippen molar-refractivity contribution in [2.75, 3.05) is 19.0 Å². The highest BCUT2D eigenvalue weighted by atomic mass is 32.2. The van der Waals surface area contributed by atoms with Gasteiger partial charge in [-0.25, -0.2) is 0 Å². The lowest BCUT2D eigenvalue weighted by molar-refractivity contribution is 0.0583. The van der Waals surface area contributed by atoms with Gasteiger partial charge in [0.05, 0.1) is 6.04 Å². The zero-order valence-corrected chi connectivity index (χ0v) is 11.9. The van der Waals surface area contributed by atoms with Gasteiger partial charge in [-0.15, -0.1) is 0 Å². The molecule has 0 aromatic carbocycles. The number of ether oxygens (including phenoxy) is 1. The number of thioether (sulfide) groups is 1. The molecule has 0 bridgehead atoms. The Morgan fingerprint density at radius 1 is 1.29 bits per heavy atom. The molecule has 0 saturated carbocycles. The first-order valence-corrected chi connectivity index (χ1v) is 7.70. The van der Waals surface area contributed by atoms with Gasteiger partial charge in [0.25, 0.3) is 0 Å². The molecule has 0 spiro atoms. The Labute approximate surface area is 109 Å². The molecule has 2 aliphatic rings. The van der Waals surface area contributed by atoms with Crippen molar-refractivity contribution in [1.82, 2.24) is 5.32 Å². The monoisotopic (exact) mass is 256 g/mol. The van der Waals surface area contributed by atoms with Crippen LogP contribution < -0.4 is 5.32 Å². The molecule has 0 aliphatic carbocycles. The van der Waals surface area contributed by atoms with Crippen LogP contribution >= 0.6 is 11.8 Å². The smallest absolute Gasteiger partial charge is 0.157 e. The minimum absolute atomic E-state index is 0.504. The molecule has 1 fully saturated rings. The summed E-state index contributed by atoms with van der Waals surface area (Å²) in [5, 5.41) is 4.75. The van der Waals surface area contributed by atoms with Crippen molar-refractivity contribution in [3.8, 4) is 0 Å². The minimum atomic E-state index is 0.504. The van der Waals surface area contributed by atoms with Crippen molar-refractivity contribution in [3.05, 3.63) is 0 Å². The van der Waals surface area contributed by atoms with Crippen molar-refractivity contribution < 1.29 is 4.74 Å². The van der Waals surface area contributed by atoms with Crippen molar-refractivity contribution in [2.45, 2.75) is 45.7 Å². The molecule has 0 aromatic rings. The van der Waals surface area contributed by atoms with Gasteiger partial charge >= 0.3 is 0 Å². The summed E-state index contributed by atoms with van der Waals surface area (Å²) in [5.74, 6) is 2.53. The van der Waals surface area contributed by atoms with E-state index in [2.05, 4.69) is 26.1 Å². The number of aliphatic imine (C=N–C) groups is 1. The summed E-state index contributed by atoms with van der Waals surface area (Å²) in [7, 11) is 0. The second-order valence-electron chi connectivity index (χ2n) is 5.44. The molecule has 1 saturated heterocycles. The van der Waals surface area contributed by atoms with Crippen LogP contribution in [-0.2, 0) is 4.74 Å².